The van der Waals surface area contributed by atoms with Crippen molar-refractivity contribution in [3.63, 3.8) is 0 Å². The molecule has 0 aromatic heterocycles. The summed E-state index contributed by atoms with van der Waals surface area (Å²) in [6.07, 6.45) is 27.9. The van der Waals surface area contributed by atoms with Gasteiger partial charge in [0.25, 0.3) is 6.47 Å². The average Bonchev–Trinajstić information content (AvgIpc) is 3.07. The summed E-state index contributed by atoms with van der Waals surface area (Å²) in [6, 6.07) is 0. The highest BCUT2D eigenvalue weighted by Crippen LogP contribution is 2.19. The molecular weight excluding hydrogens is 606 g/mol. The molecule has 8 nitrogen and oxygen atoms in total. The summed E-state index contributed by atoms with van der Waals surface area (Å²) in [6.45, 7) is 14.7. The Hall–Kier alpha value is -1.67. The fraction of sp³-hybridized carbons (Fsp3) is 0.925. The summed E-state index contributed by atoms with van der Waals surface area (Å²) >= 11 is 0. The van der Waals surface area contributed by atoms with E-state index < -0.39 is 5.41 Å². The zero-order valence-corrected chi connectivity index (χ0v) is 32.3. The molecular formula is C40H79NO7. The second-order valence-corrected chi connectivity index (χ2v) is 14.0. The highest BCUT2D eigenvalue weighted by Gasteiger charge is 2.31. The van der Waals surface area contributed by atoms with Gasteiger partial charge in [-0.3, -0.25) is 14.4 Å². The molecule has 0 aromatic rings. The van der Waals surface area contributed by atoms with Crippen molar-refractivity contribution in [3.05, 3.63) is 0 Å². The van der Waals surface area contributed by atoms with Crippen molar-refractivity contribution in [2.75, 3.05) is 46.1 Å². The number of aliphatic hydroxyl groups excluding tert-OH is 1. The number of hydrogen-bond donors (Lipinski definition) is 1. The van der Waals surface area contributed by atoms with E-state index in [1.807, 2.05) is 0 Å². The van der Waals surface area contributed by atoms with E-state index in [0.717, 1.165) is 58.2 Å². The van der Waals surface area contributed by atoms with Crippen LogP contribution in [0.4, 0.5) is 0 Å². The number of aliphatic hydroxyl groups is 1. The van der Waals surface area contributed by atoms with Crippen molar-refractivity contribution < 1.29 is 33.7 Å². The van der Waals surface area contributed by atoms with E-state index in [-0.39, 0.29) is 25.2 Å². The van der Waals surface area contributed by atoms with Gasteiger partial charge in [-0.05, 0) is 59.0 Å². The third-order valence-electron chi connectivity index (χ3n) is 8.66. The van der Waals surface area contributed by atoms with Crippen LogP contribution in [0.3, 0.4) is 0 Å². The number of ether oxygens (including phenoxy) is 3. The first-order valence-electron chi connectivity index (χ1n) is 20.0. The molecule has 0 heterocycles. The maximum absolute atomic E-state index is 12.4. The van der Waals surface area contributed by atoms with Gasteiger partial charge in [0.2, 0.25) is 0 Å². The van der Waals surface area contributed by atoms with E-state index in [9.17, 15) is 19.5 Å². The smallest absolute Gasteiger partial charge is 0.314 e. The van der Waals surface area contributed by atoms with E-state index in [4.69, 9.17) is 9.47 Å². The monoisotopic (exact) mass is 686 g/mol. The van der Waals surface area contributed by atoms with Gasteiger partial charge in [0, 0.05) is 13.0 Å². The summed E-state index contributed by atoms with van der Waals surface area (Å²) in [5.74, 6) is -0.544. The maximum Gasteiger partial charge on any atom is 0.314 e. The Labute approximate surface area is 296 Å². The summed E-state index contributed by atoms with van der Waals surface area (Å²) in [4.78, 5) is 36.6. The Kier molecular flexibility index (Phi) is 38.5. The maximum atomic E-state index is 12.4. The number of unbranched alkanes of at least 4 members (excludes halogenated alkanes) is 19. The molecule has 0 saturated carbocycles. The fourth-order valence-electron chi connectivity index (χ4n) is 5.38. The average molecular weight is 686 g/mol. The Morgan fingerprint density at radius 2 is 1.02 bits per heavy atom. The minimum absolute atomic E-state index is 0.0596. The van der Waals surface area contributed by atoms with Crippen molar-refractivity contribution in [2.24, 2.45) is 5.41 Å². The molecule has 8 heteroatoms. The fourth-order valence-corrected chi connectivity index (χ4v) is 5.38. The van der Waals surface area contributed by atoms with Gasteiger partial charge >= 0.3 is 11.9 Å². The van der Waals surface area contributed by atoms with Crippen molar-refractivity contribution in [1.29, 1.82) is 0 Å². The number of carbonyl (C=O) groups is 3. The van der Waals surface area contributed by atoms with Crippen LogP contribution in [0.25, 0.3) is 0 Å². The lowest BCUT2D eigenvalue weighted by atomic mass is 9.95. The van der Waals surface area contributed by atoms with Crippen molar-refractivity contribution in [1.82, 2.24) is 4.90 Å². The van der Waals surface area contributed by atoms with Gasteiger partial charge in [0.05, 0.1) is 25.2 Å². The molecule has 0 radical (unpaired) electrons. The molecule has 0 aliphatic rings. The number of rotatable bonds is 35. The SMILES string of the molecule is CCCCCCCCCCN(CCO)CCCCCC(=O)OCC(C)(C)C(=O)OCCCCCCCC.CCCCCCCCOC=O. The van der Waals surface area contributed by atoms with Gasteiger partial charge in [-0.2, -0.15) is 0 Å². The lowest BCUT2D eigenvalue weighted by Gasteiger charge is -2.22. The van der Waals surface area contributed by atoms with Crippen LogP contribution >= 0.6 is 0 Å². The van der Waals surface area contributed by atoms with Crippen molar-refractivity contribution >= 4 is 18.4 Å². The summed E-state index contributed by atoms with van der Waals surface area (Å²) in [5, 5.41) is 9.36. The highest BCUT2D eigenvalue weighted by molar-refractivity contribution is 5.77. The Balaban J connectivity index is 0. The number of nitrogens with zero attached hydrogens (tertiary/aromatic N) is 1. The molecule has 0 unspecified atom stereocenters. The number of carbonyl (C=O) groups excluding carboxylic acids is 3. The van der Waals surface area contributed by atoms with Gasteiger partial charge in [-0.15, -0.1) is 0 Å². The second kappa shape index (κ2) is 38.1. The van der Waals surface area contributed by atoms with Crippen LogP contribution in [-0.2, 0) is 28.6 Å². The van der Waals surface area contributed by atoms with Crippen LogP contribution in [0.5, 0.6) is 0 Å². The van der Waals surface area contributed by atoms with Crippen LogP contribution in [0.15, 0.2) is 0 Å². The molecule has 0 atom stereocenters. The molecule has 0 aliphatic carbocycles. The third kappa shape index (κ3) is 35.6. The van der Waals surface area contributed by atoms with Gasteiger partial charge in [-0.25, -0.2) is 0 Å². The number of hydrogen-bond acceptors (Lipinski definition) is 8. The molecule has 286 valence electrons. The van der Waals surface area contributed by atoms with Crippen molar-refractivity contribution in [3.8, 4) is 0 Å². The first-order chi connectivity index (χ1) is 23.3. The van der Waals surface area contributed by atoms with Gasteiger partial charge in [0.1, 0.15) is 6.61 Å². The van der Waals surface area contributed by atoms with E-state index >= 15 is 0 Å². The van der Waals surface area contributed by atoms with E-state index in [1.165, 1.54) is 109 Å². The lowest BCUT2D eigenvalue weighted by Crippen LogP contribution is -2.33. The van der Waals surface area contributed by atoms with Crippen LogP contribution in [0.2, 0.25) is 0 Å². The first kappa shape index (κ1) is 48.4. The summed E-state index contributed by atoms with van der Waals surface area (Å²) in [5.41, 5.74) is -0.821. The Morgan fingerprint density at radius 3 is 1.50 bits per heavy atom. The quantitative estimate of drug-likeness (QED) is 0.0304. The van der Waals surface area contributed by atoms with Crippen LogP contribution in [0.1, 0.15) is 189 Å². The molecule has 0 bridgehead atoms. The molecule has 0 spiro atoms. The minimum Gasteiger partial charge on any atom is -0.468 e. The topological polar surface area (TPSA) is 102 Å². The van der Waals surface area contributed by atoms with E-state index in [2.05, 4.69) is 30.4 Å². The van der Waals surface area contributed by atoms with Crippen LogP contribution in [-0.4, -0.2) is 74.5 Å². The predicted octanol–water partition coefficient (Wildman–Crippen LogP) is 9.97. The zero-order chi connectivity index (χ0) is 36.0. The third-order valence-corrected chi connectivity index (χ3v) is 8.66. The summed E-state index contributed by atoms with van der Waals surface area (Å²) < 4.78 is 15.4. The molecule has 0 amide bonds. The normalized spacial score (nSPS) is 11.2. The lowest BCUT2D eigenvalue weighted by molar-refractivity contribution is -0.161. The molecule has 0 fully saturated rings. The minimum atomic E-state index is -0.821. The molecule has 0 aromatic carbocycles. The highest BCUT2D eigenvalue weighted by atomic mass is 16.6. The molecule has 48 heavy (non-hydrogen) atoms. The summed E-state index contributed by atoms with van der Waals surface area (Å²) in [7, 11) is 0. The predicted molar refractivity (Wildman–Crippen MR) is 199 cm³/mol. The Bertz CT molecular complexity index is 701. The molecule has 1 N–H and O–H groups in total. The van der Waals surface area contributed by atoms with E-state index in [1.54, 1.807) is 13.8 Å². The largest absolute Gasteiger partial charge is 0.468 e. The standard InChI is InChI=1S/C31H61NO5.C9H18O2/c1-5-7-9-11-13-14-15-19-23-32(25-26-33)24-20-17-18-22-29(34)37-28-31(3,4)30(35)36-27-21-16-12-10-8-6-2;1-2-3-4-5-6-7-8-11-9-10/h33H,5-28H2,1-4H3;9H,2-8H2,1H3. The Morgan fingerprint density at radius 1 is 0.583 bits per heavy atom. The van der Waals surface area contributed by atoms with Crippen LogP contribution in [0, 0.1) is 5.41 Å². The molecule has 0 aliphatic heterocycles. The van der Waals surface area contributed by atoms with Gasteiger partial charge in [0.15, 0.2) is 0 Å². The second-order valence-electron chi connectivity index (χ2n) is 14.0. The van der Waals surface area contributed by atoms with E-state index in [0.29, 0.717) is 26.1 Å². The van der Waals surface area contributed by atoms with Crippen LogP contribution < -0.4 is 0 Å². The zero-order valence-electron chi connectivity index (χ0n) is 32.3. The van der Waals surface area contributed by atoms with Gasteiger partial charge in [-0.1, -0.05) is 136 Å². The van der Waals surface area contributed by atoms with Crippen molar-refractivity contribution in [2.45, 2.75) is 189 Å². The first-order valence-corrected chi connectivity index (χ1v) is 20.0. The molecule has 0 saturated heterocycles. The number of esters is 2. The van der Waals surface area contributed by atoms with Gasteiger partial charge < -0.3 is 24.2 Å². The molecule has 0 rings (SSSR count).